The molecule has 0 spiro atoms. The fraction of sp³-hybridized carbons (Fsp3) is 0.357. The normalized spacial score (nSPS) is 13.2. The van der Waals surface area contributed by atoms with E-state index in [1.165, 1.54) is 0 Å². The van der Waals surface area contributed by atoms with Crippen LogP contribution < -0.4 is 5.73 Å². The summed E-state index contributed by atoms with van der Waals surface area (Å²) in [6, 6.07) is 3.45. The number of nitrogens with one attached hydrogen (secondary N) is 1. The van der Waals surface area contributed by atoms with Crippen LogP contribution in [0, 0.1) is 5.92 Å². The lowest BCUT2D eigenvalue weighted by Gasteiger charge is -2.08. The molecule has 0 radical (unpaired) electrons. The highest BCUT2D eigenvalue weighted by Gasteiger charge is 2.17. The standard InChI is InChI=1S/C14H16ClN5O/c1-7(2)3-9(16)13-19-14(21-20-13)10-4-8-5-12(15)17-6-11(8)18-10/h4-7,9,18H,3,16H2,1-2H3. The number of nitrogens with two attached hydrogens (primary N) is 1. The predicted octanol–water partition coefficient (Wildman–Crippen LogP) is 3.31. The van der Waals surface area contributed by atoms with Gasteiger partial charge in [-0.1, -0.05) is 30.6 Å². The summed E-state index contributed by atoms with van der Waals surface area (Å²) in [5.74, 6) is 1.41. The van der Waals surface area contributed by atoms with Gasteiger partial charge in [0, 0.05) is 5.39 Å². The van der Waals surface area contributed by atoms with Crippen LogP contribution in [-0.2, 0) is 0 Å². The van der Waals surface area contributed by atoms with Crippen molar-refractivity contribution in [1.82, 2.24) is 20.1 Å². The van der Waals surface area contributed by atoms with Gasteiger partial charge in [0.2, 0.25) is 0 Å². The second-order valence-electron chi connectivity index (χ2n) is 5.47. The first kappa shape index (κ1) is 14.0. The highest BCUT2D eigenvalue weighted by molar-refractivity contribution is 6.30. The lowest BCUT2D eigenvalue weighted by molar-refractivity contribution is 0.404. The van der Waals surface area contributed by atoms with Crippen molar-refractivity contribution in [3.05, 3.63) is 29.3 Å². The zero-order valence-electron chi connectivity index (χ0n) is 11.8. The summed E-state index contributed by atoms with van der Waals surface area (Å²) in [5, 5.41) is 5.34. The van der Waals surface area contributed by atoms with Crippen LogP contribution in [0.15, 0.2) is 22.9 Å². The Hall–Kier alpha value is -1.92. The maximum Gasteiger partial charge on any atom is 0.274 e. The number of fused-ring (bicyclic) bond motifs is 1. The summed E-state index contributed by atoms with van der Waals surface area (Å²) in [7, 11) is 0. The molecule has 0 saturated carbocycles. The second-order valence-corrected chi connectivity index (χ2v) is 5.86. The van der Waals surface area contributed by atoms with Crippen LogP contribution in [0.5, 0.6) is 0 Å². The SMILES string of the molecule is CC(C)CC(N)c1noc(-c2cc3cc(Cl)ncc3[nH]2)n1. The van der Waals surface area contributed by atoms with Gasteiger partial charge in [0.1, 0.15) is 10.8 Å². The van der Waals surface area contributed by atoms with Crippen LogP contribution in [0.1, 0.15) is 32.1 Å². The number of H-pyrrole nitrogens is 1. The zero-order chi connectivity index (χ0) is 15.0. The Morgan fingerprint density at radius 2 is 2.19 bits per heavy atom. The molecule has 0 aliphatic heterocycles. The minimum absolute atomic E-state index is 0.219. The van der Waals surface area contributed by atoms with Crippen molar-refractivity contribution in [3.8, 4) is 11.6 Å². The van der Waals surface area contributed by atoms with Gasteiger partial charge in [-0.3, -0.25) is 0 Å². The zero-order valence-corrected chi connectivity index (χ0v) is 12.6. The molecule has 3 rings (SSSR count). The molecule has 1 unspecified atom stereocenters. The van der Waals surface area contributed by atoms with Crippen LogP contribution in [0.4, 0.5) is 0 Å². The molecule has 110 valence electrons. The van der Waals surface area contributed by atoms with Gasteiger partial charge in [-0.25, -0.2) is 4.98 Å². The third kappa shape index (κ3) is 2.91. The maximum atomic E-state index is 6.06. The summed E-state index contributed by atoms with van der Waals surface area (Å²) in [4.78, 5) is 11.6. The third-order valence-electron chi connectivity index (χ3n) is 3.20. The molecule has 0 amide bonds. The number of nitrogens with zero attached hydrogens (tertiary/aromatic N) is 3. The average molecular weight is 306 g/mol. The smallest absolute Gasteiger partial charge is 0.274 e. The topological polar surface area (TPSA) is 93.6 Å². The summed E-state index contributed by atoms with van der Waals surface area (Å²) in [5.41, 5.74) is 7.65. The van der Waals surface area contributed by atoms with Crippen molar-refractivity contribution in [2.24, 2.45) is 11.7 Å². The summed E-state index contributed by atoms with van der Waals surface area (Å²) < 4.78 is 5.29. The summed E-state index contributed by atoms with van der Waals surface area (Å²) in [6.07, 6.45) is 2.48. The van der Waals surface area contributed by atoms with Gasteiger partial charge in [0.15, 0.2) is 5.82 Å². The molecule has 0 aromatic carbocycles. The molecule has 3 aromatic rings. The van der Waals surface area contributed by atoms with Crippen molar-refractivity contribution < 1.29 is 4.52 Å². The molecule has 0 saturated heterocycles. The predicted molar refractivity (Wildman–Crippen MR) is 80.8 cm³/mol. The molecule has 0 bridgehead atoms. The van der Waals surface area contributed by atoms with Gasteiger partial charge in [0.25, 0.3) is 5.89 Å². The van der Waals surface area contributed by atoms with Crippen LogP contribution in [0.3, 0.4) is 0 Å². The molecule has 0 aliphatic rings. The molecule has 3 heterocycles. The Bertz CT molecular complexity index is 764. The highest BCUT2D eigenvalue weighted by Crippen LogP contribution is 2.25. The number of hydrogen-bond donors (Lipinski definition) is 2. The Morgan fingerprint density at radius 3 is 2.95 bits per heavy atom. The lowest BCUT2D eigenvalue weighted by atomic mass is 10.0. The summed E-state index contributed by atoms with van der Waals surface area (Å²) >= 11 is 5.88. The molecule has 3 N–H and O–H groups in total. The van der Waals surface area contributed by atoms with Crippen LogP contribution in [0.25, 0.3) is 22.5 Å². The van der Waals surface area contributed by atoms with E-state index in [1.54, 1.807) is 12.3 Å². The Kier molecular flexibility index (Phi) is 3.65. The fourth-order valence-corrected chi connectivity index (χ4v) is 2.39. The quantitative estimate of drug-likeness (QED) is 0.721. The summed E-state index contributed by atoms with van der Waals surface area (Å²) in [6.45, 7) is 4.21. The Balaban J connectivity index is 1.90. The molecule has 21 heavy (non-hydrogen) atoms. The van der Waals surface area contributed by atoms with Crippen molar-refractivity contribution >= 4 is 22.5 Å². The number of aromatic amines is 1. The van der Waals surface area contributed by atoms with Crippen molar-refractivity contribution in [2.45, 2.75) is 26.3 Å². The lowest BCUT2D eigenvalue weighted by Crippen LogP contribution is -2.14. The van der Waals surface area contributed by atoms with Crippen molar-refractivity contribution in [2.75, 3.05) is 0 Å². The monoisotopic (exact) mass is 305 g/mol. The van der Waals surface area contributed by atoms with Crippen LogP contribution >= 0.6 is 11.6 Å². The molecule has 3 aromatic heterocycles. The Morgan fingerprint density at radius 1 is 1.38 bits per heavy atom. The van der Waals surface area contributed by atoms with Crippen LogP contribution in [0.2, 0.25) is 5.15 Å². The number of halogens is 1. The molecule has 0 fully saturated rings. The Labute approximate surface area is 126 Å². The van der Waals surface area contributed by atoms with Crippen LogP contribution in [-0.4, -0.2) is 20.1 Å². The van der Waals surface area contributed by atoms with Gasteiger partial charge < -0.3 is 15.2 Å². The molecule has 1 atom stereocenters. The minimum Gasteiger partial charge on any atom is -0.349 e. The fourth-order valence-electron chi connectivity index (χ4n) is 2.23. The van der Waals surface area contributed by atoms with E-state index in [0.717, 1.165) is 23.0 Å². The molecule has 6 nitrogen and oxygen atoms in total. The average Bonchev–Trinajstić information content (AvgIpc) is 3.03. The largest absolute Gasteiger partial charge is 0.349 e. The van der Waals surface area contributed by atoms with E-state index in [-0.39, 0.29) is 6.04 Å². The minimum atomic E-state index is -0.219. The third-order valence-corrected chi connectivity index (χ3v) is 3.41. The van der Waals surface area contributed by atoms with E-state index < -0.39 is 0 Å². The van der Waals surface area contributed by atoms with E-state index in [0.29, 0.717) is 22.8 Å². The maximum absolute atomic E-state index is 6.06. The first-order valence-electron chi connectivity index (χ1n) is 6.76. The molecule has 0 aliphatic carbocycles. The molecule has 7 heteroatoms. The van der Waals surface area contributed by atoms with Gasteiger partial charge in [-0.15, -0.1) is 0 Å². The number of hydrogen-bond acceptors (Lipinski definition) is 5. The second kappa shape index (κ2) is 5.46. The van der Waals surface area contributed by atoms with Crippen molar-refractivity contribution in [3.63, 3.8) is 0 Å². The van der Waals surface area contributed by atoms with Gasteiger partial charge in [0.05, 0.1) is 17.8 Å². The highest BCUT2D eigenvalue weighted by atomic mass is 35.5. The molecular formula is C14H16ClN5O. The van der Waals surface area contributed by atoms with Gasteiger partial charge in [-0.05, 0) is 24.5 Å². The van der Waals surface area contributed by atoms with Gasteiger partial charge >= 0.3 is 0 Å². The van der Waals surface area contributed by atoms with Crippen molar-refractivity contribution in [1.29, 1.82) is 0 Å². The van der Waals surface area contributed by atoms with E-state index in [2.05, 4.69) is 34.0 Å². The number of aromatic nitrogens is 4. The van der Waals surface area contributed by atoms with E-state index in [4.69, 9.17) is 21.9 Å². The number of rotatable bonds is 4. The van der Waals surface area contributed by atoms with E-state index in [9.17, 15) is 0 Å². The van der Waals surface area contributed by atoms with E-state index >= 15 is 0 Å². The first-order chi connectivity index (χ1) is 10.0. The molecular weight excluding hydrogens is 290 g/mol. The number of pyridine rings is 1. The van der Waals surface area contributed by atoms with E-state index in [1.807, 2.05) is 6.07 Å². The first-order valence-corrected chi connectivity index (χ1v) is 7.14. The van der Waals surface area contributed by atoms with Gasteiger partial charge in [-0.2, -0.15) is 4.98 Å².